The number of sulfonamides is 1. The molecule has 1 heterocycles. The van der Waals surface area contributed by atoms with Crippen molar-refractivity contribution in [2.75, 3.05) is 0 Å². The van der Waals surface area contributed by atoms with Crippen molar-refractivity contribution in [2.24, 2.45) is 5.14 Å². The molecule has 2 N–H and O–H groups in total. The third-order valence-corrected chi connectivity index (χ3v) is 2.93. The summed E-state index contributed by atoms with van der Waals surface area (Å²) in [4.78, 5) is 0. The Hall–Kier alpha value is -0.880. The van der Waals surface area contributed by atoms with E-state index in [1.54, 1.807) is 6.07 Å². The maximum absolute atomic E-state index is 11.3. The number of hydrogen-bond acceptors (Lipinski definition) is 3. The number of rotatable bonds is 4. The minimum Gasteiger partial charge on any atom is -0.250 e. The molecule has 0 saturated carbocycles. The monoisotopic (exact) mass is 231 g/mol. The molecule has 0 fully saturated rings. The van der Waals surface area contributed by atoms with Crippen molar-refractivity contribution in [2.45, 2.75) is 44.7 Å². The van der Waals surface area contributed by atoms with Crippen molar-refractivity contribution < 1.29 is 8.42 Å². The predicted molar refractivity (Wildman–Crippen MR) is 58.0 cm³/mol. The molecule has 6 heteroatoms. The molecule has 0 bridgehead atoms. The van der Waals surface area contributed by atoms with Gasteiger partial charge in [-0.1, -0.05) is 13.3 Å². The molecule has 0 unspecified atom stereocenters. The molecule has 86 valence electrons. The summed E-state index contributed by atoms with van der Waals surface area (Å²) >= 11 is 0. The molecule has 0 radical (unpaired) electrons. The zero-order valence-corrected chi connectivity index (χ0v) is 10.1. The van der Waals surface area contributed by atoms with Gasteiger partial charge in [-0.15, -0.1) is 0 Å². The van der Waals surface area contributed by atoms with Gasteiger partial charge in [0.2, 0.25) is 0 Å². The van der Waals surface area contributed by atoms with Crippen LogP contribution in [0.15, 0.2) is 11.1 Å². The summed E-state index contributed by atoms with van der Waals surface area (Å²) in [7, 11) is -3.68. The van der Waals surface area contributed by atoms with E-state index in [0.717, 1.165) is 18.5 Å². The van der Waals surface area contributed by atoms with Crippen LogP contribution in [-0.2, 0) is 16.4 Å². The van der Waals surface area contributed by atoms with E-state index < -0.39 is 10.0 Å². The lowest BCUT2D eigenvalue weighted by Gasteiger charge is -2.08. The van der Waals surface area contributed by atoms with Crippen LogP contribution >= 0.6 is 0 Å². The van der Waals surface area contributed by atoms with Gasteiger partial charge >= 0.3 is 0 Å². The van der Waals surface area contributed by atoms with Crippen molar-refractivity contribution in [3.63, 3.8) is 0 Å². The first-order chi connectivity index (χ1) is 6.86. The fourth-order valence-electron chi connectivity index (χ4n) is 1.39. The summed E-state index contributed by atoms with van der Waals surface area (Å²) in [6.45, 7) is 5.76. The SMILES string of the molecule is CCCc1cc(S(N)(=O)=O)n(C(C)C)n1. The number of aromatic nitrogens is 2. The van der Waals surface area contributed by atoms with Gasteiger partial charge in [0.05, 0.1) is 5.69 Å². The van der Waals surface area contributed by atoms with E-state index in [1.165, 1.54) is 4.68 Å². The van der Waals surface area contributed by atoms with Crippen LogP contribution in [0.2, 0.25) is 0 Å². The largest absolute Gasteiger partial charge is 0.255 e. The van der Waals surface area contributed by atoms with Crippen LogP contribution in [0, 0.1) is 0 Å². The average molecular weight is 231 g/mol. The van der Waals surface area contributed by atoms with Gasteiger partial charge in [-0.2, -0.15) is 5.10 Å². The highest BCUT2D eigenvalue weighted by Gasteiger charge is 2.18. The summed E-state index contributed by atoms with van der Waals surface area (Å²) in [5.74, 6) is 0. The average Bonchev–Trinajstić information content (AvgIpc) is 2.48. The van der Waals surface area contributed by atoms with Gasteiger partial charge in [0, 0.05) is 6.04 Å². The highest BCUT2D eigenvalue weighted by Crippen LogP contribution is 2.16. The molecule has 1 aromatic rings. The van der Waals surface area contributed by atoms with Crippen molar-refractivity contribution in [1.82, 2.24) is 9.78 Å². The number of aryl methyl sites for hydroxylation is 1. The Kier molecular flexibility index (Phi) is 3.51. The number of primary sulfonamides is 1. The smallest absolute Gasteiger partial charge is 0.250 e. The Morgan fingerprint density at radius 1 is 1.53 bits per heavy atom. The van der Waals surface area contributed by atoms with E-state index in [-0.39, 0.29) is 11.1 Å². The minimum absolute atomic E-state index is 0.0102. The summed E-state index contributed by atoms with van der Waals surface area (Å²) < 4.78 is 24.0. The number of nitrogens with zero attached hydrogens (tertiary/aromatic N) is 2. The van der Waals surface area contributed by atoms with Gasteiger partial charge in [-0.25, -0.2) is 13.6 Å². The van der Waals surface area contributed by atoms with Gasteiger partial charge in [0.25, 0.3) is 10.0 Å². The Labute approximate surface area is 90.3 Å². The van der Waals surface area contributed by atoms with E-state index in [2.05, 4.69) is 5.10 Å². The lowest BCUT2D eigenvalue weighted by atomic mass is 10.3. The summed E-state index contributed by atoms with van der Waals surface area (Å²) in [6, 6.07) is 1.54. The van der Waals surface area contributed by atoms with Crippen molar-refractivity contribution in [1.29, 1.82) is 0 Å². The van der Waals surface area contributed by atoms with Crippen LogP contribution < -0.4 is 5.14 Å². The maximum atomic E-state index is 11.3. The van der Waals surface area contributed by atoms with Crippen molar-refractivity contribution >= 4 is 10.0 Å². The standard InChI is InChI=1S/C9H17N3O2S/c1-4-5-8-6-9(15(10,13)14)12(11-8)7(2)3/h6-7H,4-5H2,1-3H3,(H2,10,13,14). The number of hydrogen-bond donors (Lipinski definition) is 1. The van der Waals surface area contributed by atoms with Gasteiger partial charge in [-0.3, -0.25) is 4.68 Å². The van der Waals surface area contributed by atoms with Gasteiger partial charge in [0.1, 0.15) is 0 Å². The molecule has 0 amide bonds. The van der Waals surface area contributed by atoms with Crippen LogP contribution in [0.25, 0.3) is 0 Å². The molecule has 5 nitrogen and oxygen atoms in total. The molecule has 0 aliphatic carbocycles. The zero-order chi connectivity index (χ0) is 11.6. The third kappa shape index (κ3) is 2.79. The first-order valence-electron chi connectivity index (χ1n) is 4.97. The summed E-state index contributed by atoms with van der Waals surface area (Å²) in [6.07, 6.45) is 1.70. The zero-order valence-electron chi connectivity index (χ0n) is 9.27. The molecule has 0 aromatic carbocycles. The molecular formula is C9H17N3O2S. The molecule has 0 aliphatic heterocycles. The normalized spacial score (nSPS) is 12.3. The molecule has 0 atom stereocenters. The Morgan fingerprint density at radius 2 is 2.13 bits per heavy atom. The Bertz CT molecular complexity index is 434. The second-order valence-electron chi connectivity index (χ2n) is 3.81. The van der Waals surface area contributed by atoms with Crippen LogP contribution in [0.4, 0.5) is 0 Å². The van der Waals surface area contributed by atoms with E-state index in [4.69, 9.17) is 5.14 Å². The highest BCUT2D eigenvalue weighted by molar-refractivity contribution is 7.89. The van der Waals surface area contributed by atoms with Crippen LogP contribution in [0.3, 0.4) is 0 Å². The first kappa shape index (κ1) is 12.2. The lowest BCUT2D eigenvalue weighted by molar-refractivity contribution is 0.475. The molecule has 0 aliphatic rings. The quantitative estimate of drug-likeness (QED) is 0.841. The van der Waals surface area contributed by atoms with Gasteiger partial charge in [0.15, 0.2) is 5.03 Å². The Morgan fingerprint density at radius 3 is 2.47 bits per heavy atom. The molecule has 1 aromatic heterocycles. The second-order valence-corrected chi connectivity index (χ2v) is 5.32. The van der Waals surface area contributed by atoms with E-state index in [0.29, 0.717) is 0 Å². The summed E-state index contributed by atoms with van der Waals surface area (Å²) in [5.41, 5.74) is 0.773. The predicted octanol–water partition coefficient (Wildman–Crippen LogP) is 1.06. The molecule has 1 rings (SSSR count). The lowest BCUT2D eigenvalue weighted by Crippen LogP contribution is -2.19. The second kappa shape index (κ2) is 4.32. The van der Waals surface area contributed by atoms with Gasteiger partial charge in [-0.05, 0) is 26.3 Å². The fraction of sp³-hybridized carbons (Fsp3) is 0.667. The first-order valence-corrected chi connectivity index (χ1v) is 6.52. The van der Waals surface area contributed by atoms with E-state index in [9.17, 15) is 8.42 Å². The van der Waals surface area contributed by atoms with E-state index >= 15 is 0 Å². The minimum atomic E-state index is -3.68. The van der Waals surface area contributed by atoms with Crippen LogP contribution in [0.1, 0.15) is 38.9 Å². The molecule has 15 heavy (non-hydrogen) atoms. The van der Waals surface area contributed by atoms with E-state index in [1.807, 2.05) is 20.8 Å². The van der Waals surface area contributed by atoms with Crippen molar-refractivity contribution in [3.8, 4) is 0 Å². The number of nitrogens with two attached hydrogens (primary N) is 1. The van der Waals surface area contributed by atoms with Crippen LogP contribution in [-0.4, -0.2) is 18.2 Å². The summed E-state index contributed by atoms with van der Waals surface area (Å²) in [5, 5.41) is 9.44. The Balaban J connectivity index is 3.24. The third-order valence-electron chi connectivity index (χ3n) is 2.04. The highest BCUT2D eigenvalue weighted by atomic mass is 32.2. The molecular weight excluding hydrogens is 214 g/mol. The topological polar surface area (TPSA) is 78.0 Å². The van der Waals surface area contributed by atoms with Gasteiger partial charge < -0.3 is 0 Å². The molecule has 0 saturated heterocycles. The maximum Gasteiger partial charge on any atom is 0.255 e. The fourth-order valence-corrected chi connectivity index (χ4v) is 2.20. The molecule has 0 spiro atoms. The van der Waals surface area contributed by atoms with Crippen LogP contribution in [0.5, 0.6) is 0 Å². The van der Waals surface area contributed by atoms with Crippen molar-refractivity contribution in [3.05, 3.63) is 11.8 Å².